The van der Waals surface area contributed by atoms with Crippen LogP contribution < -0.4 is 28.4 Å². The predicted molar refractivity (Wildman–Crippen MR) is 257 cm³/mol. The number of hydrogen-bond acceptors (Lipinski definition) is 6. The van der Waals surface area contributed by atoms with Gasteiger partial charge in [0.15, 0.2) is 34.6 Å². The summed E-state index contributed by atoms with van der Waals surface area (Å²) in [7, 11) is 0. The van der Waals surface area contributed by atoms with Gasteiger partial charge in [0.25, 0.3) is 0 Å². The second-order valence-corrected chi connectivity index (χ2v) is 17.2. The third kappa shape index (κ3) is 15.2. The van der Waals surface area contributed by atoms with Gasteiger partial charge < -0.3 is 28.4 Å². The van der Waals surface area contributed by atoms with Crippen molar-refractivity contribution in [3.8, 4) is 34.5 Å². The van der Waals surface area contributed by atoms with Gasteiger partial charge in [0.05, 0.1) is 39.6 Å². The summed E-state index contributed by atoms with van der Waals surface area (Å²) in [6.07, 6.45) is 24.5. The molecule has 348 valence electrons. The summed E-state index contributed by atoms with van der Waals surface area (Å²) in [6, 6.07) is 7.66. The molecule has 6 nitrogen and oxygen atoms in total. The van der Waals surface area contributed by atoms with Gasteiger partial charge in [-0.2, -0.15) is 0 Å². The largest absolute Gasteiger partial charge is 0.490 e. The van der Waals surface area contributed by atoms with Crippen molar-refractivity contribution in [1.82, 2.24) is 0 Å². The third-order valence-electron chi connectivity index (χ3n) is 11.8. The molecule has 0 aliphatic heterocycles. The van der Waals surface area contributed by atoms with E-state index < -0.39 is 11.6 Å². The van der Waals surface area contributed by atoms with Gasteiger partial charge >= 0.3 is 0 Å². The van der Waals surface area contributed by atoms with Crippen molar-refractivity contribution in [2.45, 2.75) is 196 Å². The van der Waals surface area contributed by atoms with Crippen molar-refractivity contribution in [2.24, 2.45) is 0 Å². The third-order valence-corrected chi connectivity index (χ3v) is 11.8. The van der Waals surface area contributed by atoms with Crippen molar-refractivity contribution in [1.29, 1.82) is 0 Å². The van der Waals surface area contributed by atoms with Crippen LogP contribution in [-0.2, 0) is 0 Å². The lowest BCUT2D eigenvalue weighted by Gasteiger charge is -2.22. The van der Waals surface area contributed by atoms with Crippen LogP contribution in [0.3, 0.4) is 0 Å². The summed E-state index contributed by atoms with van der Waals surface area (Å²) in [5.74, 6) is 0.666. The molecule has 0 bridgehead atoms. The fraction of sp³-hybridized carbons (Fsp3) is 0.667. The molecule has 0 aliphatic rings. The van der Waals surface area contributed by atoms with Gasteiger partial charge in [0, 0.05) is 10.8 Å². The Morgan fingerprint density at radius 1 is 0.290 bits per heavy atom. The van der Waals surface area contributed by atoms with E-state index in [2.05, 4.69) is 41.5 Å². The van der Waals surface area contributed by atoms with Crippen LogP contribution in [0.5, 0.6) is 34.5 Å². The first-order chi connectivity index (χ1) is 30.4. The van der Waals surface area contributed by atoms with Crippen LogP contribution in [0.15, 0.2) is 24.3 Å². The van der Waals surface area contributed by atoms with Crippen molar-refractivity contribution in [3.63, 3.8) is 0 Å². The first-order valence-corrected chi connectivity index (χ1v) is 25.1. The van der Waals surface area contributed by atoms with E-state index in [0.717, 1.165) is 165 Å². The molecular weight excluding hydrogens is 783 g/mol. The molecule has 0 radical (unpaired) electrons. The molecule has 62 heavy (non-hydrogen) atoms. The first-order valence-electron chi connectivity index (χ1n) is 25.1. The molecule has 0 amide bonds. The number of halogens is 2. The highest BCUT2D eigenvalue weighted by Crippen LogP contribution is 2.50. The van der Waals surface area contributed by atoms with Crippen LogP contribution >= 0.6 is 0 Å². The molecule has 4 aromatic carbocycles. The van der Waals surface area contributed by atoms with Crippen molar-refractivity contribution in [3.05, 3.63) is 35.9 Å². The Bertz CT molecular complexity index is 1740. The molecule has 0 aromatic heterocycles. The van der Waals surface area contributed by atoms with E-state index in [9.17, 15) is 0 Å². The van der Waals surface area contributed by atoms with E-state index in [1.54, 1.807) is 0 Å². The predicted octanol–water partition coefficient (Wildman–Crippen LogP) is 17.2. The van der Waals surface area contributed by atoms with Gasteiger partial charge in [0.2, 0.25) is 11.5 Å². The molecule has 0 atom stereocenters. The van der Waals surface area contributed by atoms with Crippen LogP contribution in [-0.4, -0.2) is 39.6 Å². The molecule has 0 fully saturated rings. The topological polar surface area (TPSA) is 55.4 Å². The Kier molecular flexibility index (Phi) is 24.4. The fourth-order valence-electron chi connectivity index (χ4n) is 8.09. The SMILES string of the molecule is CCCCCCOc1cc2c3cc(OCCCCCC)c(OCCCCCC)cc3c3c(F)c(OCCCCCC)c(OCCCCCC)c(F)c3c2cc1OCCCCCC. The normalized spacial score (nSPS) is 11.5. The van der Waals surface area contributed by atoms with Crippen LogP contribution in [0.2, 0.25) is 0 Å². The number of ether oxygens (including phenoxy) is 6. The maximum absolute atomic E-state index is 17.8. The van der Waals surface area contributed by atoms with Gasteiger partial charge in [0.1, 0.15) is 0 Å². The van der Waals surface area contributed by atoms with Crippen LogP contribution in [0, 0.1) is 11.6 Å². The Hall–Kier alpha value is -3.68. The average Bonchev–Trinajstić information content (AvgIpc) is 3.27. The second-order valence-electron chi connectivity index (χ2n) is 17.2. The molecule has 0 spiro atoms. The van der Waals surface area contributed by atoms with Crippen molar-refractivity contribution < 1.29 is 37.2 Å². The van der Waals surface area contributed by atoms with E-state index in [0.29, 0.717) is 60.2 Å². The minimum Gasteiger partial charge on any atom is -0.490 e. The molecule has 8 heteroatoms. The van der Waals surface area contributed by atoms with Crippen molar-refractivity contribution >= 4 is 32.3 Å². The minimum absolute atomic E-state index is 0.138. The van der Waals surface area contributed by atoms with E-state index >= 15 is 8.78 Å². The Balaban J connectivity index is 2.04. The molecule has 4 aromatic rings. The zero-order chi connectivity index (χ0) is 44.4. The summed E-state index contributed by atoms with van der Waals surface area (Å²) in [5.41, 5.74) is 0. The van der Waals surface area contributed by atoms with Gasteiger partial charge in [-0.15, -0.1) is 0 Å². The summed E-state index contributed by atoms with van der Waals surface area (Å²) < 4.78 is 74.1. The lowest BCUT2D eigenvalue weighted by atomic mass is 9.92. The Labute approximate surface area is 374 Å². The lowest BCUT2D eigenvalue weighted by molar-refractivity contribution is 0.241. The number of rotatable bonds is 36. The van der Waals surface area contributed by atoms with E-state index in [1.165, 1.54) is 0 Å². The van der Waals surface area contributed by atoms with E-state index in [-0.39, 0.29) is 35.5 Å². The summed E-state index contributed by atoms with van der Waals surface area (Å²) in [5, 5.41) is 2.77. The number of hydrogen-bond donors (Lipinski definition) is 0. The number of unbranched alkanes of at least 4 members (excludes halogenated alkanes) is 18. The Morgan fingerprint density at radius 2 is 0.516 bits per heavy atom. The number of benzene rings is 4. The standard InChI is InChI=1S/C54H82F2O6/c1-7-13-19-25-31-57-45-37-41-42-38-46(58-32-26-20-14-8-2)48(60-34-28-22-16-10-4)40-44(42)50-49(43(41)39-47(45)59-33-27-21-15-9-3)51(55)53(61-35-29-23-17-11-5)54(52(50)56)62-36-30-24-18-12-6/h37-40H,7-36H2,1-6H3. The zero-order valence-corrected chi connectivity index (χ0v) is 39.7. The van der Waals surface area contributed by atoms with E-state index in [1.807, 2.05) is 24.3 Å². The number of fused-ring (bicyclic) bond motifs is 6. The van der Waals surface area contributed by atoms with Crippen LogP contribution in [0.1, 0.15) is 196 Å². The van der Waals surface area contributed by atoms with Crippen molar-refractivity contribution in [2.75, 3.05) is 39.6 Å². The monoisotopic (exact) mass is 865 g/mol. The highest BCUT2D eigenvalue weighted by atomic mass is 19.1. The summed E-state index contributed by atoms with van der Waals surface area (Å²) in [6.45, 7) is 15.7. The molecular formula is C54H82F2O6. The fourth-order valence-corrected chi connectivity index (χ4v) is 8.09. The van der Waals surface area contributed by atoms with Gasteiger partial charge in [-0.1, -0.05) is 157 Å². The molecule has 0 saturated carbocycles. The van der Waals surface area contributed by atoms with E-state index in [4.69, 9.17) is 28.4 Å². The second kappa shape index (κ2) is 29.6. The molecule has 0 heterocycles. The lowest BCUT2D eigenvalue weighted by Crippen LogP contribution is -2.08. The highest BCUT2D eigenvalue weighted by Gasteiger charge is 2.29. The summed E-state index contributed by atoms with van der Waals surface area (Å²) in [4.78, 5) is 0. The highest BCUT2D eigenvalue weighted by molar-refractivity contribution is 6.27. The van der Waals surface area contributed by atoms with Gasteiger partial charge in [-0.05, 0) is 84.3 Å². The summed E-state index contributed by atoms with van der Waals surface area (Å²) >= 11 is 0. The molecule has 0 aliphatic carbocycles. The molecule has 0 unspecified atom stereocenters. The maximum Gasteiger partial charge on any atom is 0.200 e. The van der Waals surface area contributed by atoms with Crippen LogP contribution in [0.4, 0.5) is 8.78 Å². The molecule has 0 N–H and O–H groups in total. The van der Waals surface area contributed by atoms with Crippen LogP contribution in [0.25, 0.3) is 32.3 Å². The smallest absolute Gasteiger partial charge is 0.200 e. The minimum atomic E-state index is -0.632. The van der Waals surface area contributed by atoms with Gasteiger partial charge in [-0.25, -0.2) is 8.78 Å². The first kappa shape index (κ1) is 51.0. The quantitative estimate of drug-likeness (QED) is 0.0335. The molecule has 0 saturated heterocycles. The average molecular weight is 865 g/mol. The zero-order valence-electron chi connectivity index (χ0n) is 39.7. The Morgan fingerprint density at radius 3 is 0.758 bits per heavy atom. The van der Waals surface area contributed by atoms with Gasteiger partial charge in [-0.3, -0.25) is 0 Å². The maximum atomic E-state index is 17.8. The molecule has 4 rings (SSSR count).